The molecule has 6 nitrogen and oxygen atoms in total. The number of nitrogens with one attached hydrogen (secondary N) is 1. The first-order valence-electron chi connectivity index (χ1n) is 9.84. The van der Waals surface area contributed by atoms with Crippen LogP contribution in [0, 0.1) is 6.92 Å². The van der Waals surface area contributed by atoms with Gasteiger partial charge in [0.1, 0.15) is 5.65 Å². The van der Waals surface area contributed by atoms with Gasteiger partial charge in [0.2, 0.25) is 0 Å². The molecule has 0 amide bonds. The first-order chi connectivity index (χ1) is 13.7. The molecular weight excluding hydrogens is 348 g/mol. The maximum Gasteiger partial charge on any atom is 0.137 e. The van der Waals surface area contributed by atoms with E-state index in [9.17, 15) is 0 Å². The van der Waals surface area contributed by atoms with Gasteiger partial charge in [-0.05, 0) is 56.0 Å². The number of hydrogen-bond donors (Lipinski definition) is 1. The minimum atomic E-state index is 0.236. The SMILES string of the molecule is Cc1cccnc1C1CCCC(c2cn3c(-c4ccnn4C)cccc3n2)N1. The zero-order chi connectivity index (χ0) is 19.1. The number of imidazole rings is 1. The Hall–Kier alpha value is -2.99. The maximum absolute atomic E-state index is 4.94. The molecule has 0 aromatic carbocycles. The van der Waals surface area contributed by atoms with Crippen molar-refractivity contribution in [2.75, 3.05) is 0 Å². The highest BCUT2D eigenvalue weighted by molar-refractivity contribution is 5.60. The third kappa shape index (κ3) is 2.90. The fourth-order valence-electron chi connectivity index (χ4n) is 4.28. The van der Waals surface area contributed by atoms with E-state index in [1.165, 1.54) is 12.0 Å². The number of aryl methyl sites for hydroxylation is 2. The number of nitrogens with zero attached hydrogens (tertiary/aromatic N) is 5. The number of rotatable bonds is 3. The molecule has 0 aliphatic carbocycles. The van der Waals surface area contributed by atoms with E-state index in [4.69, 9.17) is 4.98 Å². The molecule has 0 bridgehead atoms. The average molecular weight is 372 g/mol. The Balaban J connectivity index is 1.50. The van der Waals surface area contributed by atoms with Crippen molar-refractivity contribution < 1.29 is 0 Å². The third-order valence-electron chi connectivity index (χ3n) is 5.72. The molecule has 0 spiro atoms. The van der Waals surface area contributed by atoms with Crippen LogP contribution in [0.25, 0.3) is 17.0 Å². The van der Waals surface area contributed by atoms with Gasteiger partial charge in [-0.15, -0.1) is 0 Å². The van der Waals surface area contributed by atoms with Crippen molar-refractivity contribution in [2.45, 2.75) is 38.3 Å². The highest BCUT2D eigenvalue weighted by atomic mass is 15.3. The van der Waals surface area contributed by atoms with Crippen LogP contribution in [0.4, 0.5) is 0 Å². The highest BCUT2D eigenvalue weighted by Crippen LogP contribution is 2.33. The van der Waals surface area contributed by atoms with Gasteiger partial charge in [-0.2, -0.15) is 5.10 Å². The van der Waals surface area contributed by atoms with Crippen LogP contribution in [0.3, 0.4) is 0 Å². The van der Waals surface area contributed by atoms with Crippen molar-refractivity contribution in [2.24, 2.45) is 7.05 Å². The average Bonchev–Trinajstić information content (AvgIpc) is 3.34. The molecule has 0 saturated carbocycles. The van der Waals surface area contributed by atoms with E-state index >= 15 is 0 Å². The Morgan fingerprint density at radius 1 is 1.00 bits per heavy atom. The van der Waals surface area contributed by atoms with Crippen LogP contribution < -0.4 is 5.32 Å². The summed E-state index contributed by atoms with van der Waals surface area (Å²) in [6.07, 6.45) is 9.26. The first-order valence-corrected chi connectivity index (χ1v) is 9.84. The summed E-state index contributed by atoms with van der Waals surface area (Å²) in [5.41, 5.74) is 6.64. The Morgan fingerprint density at radius 3 is 2.71 bits per heavy atom. The second kappa shape index (κ2) is 6.87. The van der Waals surface area contributed by atoms with E-state index in [0.717, 1.165) is 41.3 Å². The second-order valence-electron chi connectivity index (χ2n) is 7.55. The minimum Gasteiger partial charge on any atom is -0.300 e. The smallest absolute Gasteiger partial charge is 0.137 e. The van der Waals surface area contributed by atoms with E-state index in [2.05, 4.69) is 57.2 Å². The highest BCUT2D eigenvalue weighted by Gasteiger charge is 2.27. The van der Waals surface area contributed by atoms with E-state index in [1.807, 2.05) is 36.3 Å². The molecule has 4 aromatic rings. The topological polar surface area (TPSA) is 60.0 Å². The molecule has 142 valence electrons. The fraction of sp³-hybridized carbons (Fsp3) is 0.318. The second-order valence-corrected chi connectivity index (χ2v) is 7.55. The lowest BCUT2D eigenvalue weighted by atomic mass is 9.93. The van der Waals surface area contributed by atoms with Gasteiger partial charge in [0.05, 0.1) is 34.9 Å². The van der Waals surface area contributed by atoms with Crippen LogP contribution >= 0.6 is 0 Å². The predicted molar refractivity (Wildman–Crippen MR) is 109 cm³/mol. The number of piperidine rings is 1. The van der Waals surface area contributed by atoms with Crippen LogP contribution in [0.5, 0.6) is 0 Å². The summed E-state index contributed by atoms with van der Waals surface area (Å²) < 4.78 is 4.07. The van der Waals surface area contributed by atoms with Crippen LogP contribution in [0.2, 0.25) is 0 Å². The normalized spacial score (nSPS) is 19.9. The summed E-state index contributed by atoms with van der Waals surface area (Å²) in [6, 6.07) is 12.9. The van der Waals surface area contributed by atoms with Crippen LogP contribution in [-0.4, -0.2) is 24.1 Å². The molecule has 0 radical (unpaired) electrons. The molecule has 28 heavy (non-hydrogen) atoms. The molecule has 6 heteroatoms. The van der Waals surface area contributed by atoms with Crippen LogP contribution in [0.15, 0.2) is 55.0 Å². The first kappa shape index (κ1) is 17.1. The standard InChI is InChI=1S/C22H24N6/c1-15-6-5-12-23-22(15)17-8-3-7-16(25-17)18-14-28-20(9-4-10-21(28)26-18)19-11-13-24-27(19)2/h4-6,9-14,16-17,25H,3,7-8H2,1-2H3. The van der Waals surface area contributed by atoms with E-state index in [1.54, 1.807) is 0 Å². The van der Waals surface area contributed by atoms with Crippen molar-refractivity contribution in [3.8, 4) is 11.4 Å². The van der Waals surface area contributed by atoms with Crippen molar-refractivity contribution in [1.82, 2.24) is 29.5 Å². The molecule has 2 unspecified atom stereocenters. The number of fused-ring (bicyclic) bond motifs is 1. The molecule has 1 aliphatic heterocycles. The van der Waals surface area contributed by atoms with Crippen LogP contribution in [-0.2, 0) is 7.05 Å². The number of hydrogen-bond acceptors (Lipinski definition) is 4. The molecule has 1 aliphatic rings. The van der Waals surface area contributed by atoms with Crippen molar-refractivity contribution in [3.63, 3.8) is 0 Å². The van der Waals surface area contributed by atoms with Gasteiger partial charge in [-0.1, -0.05) is 12.1 Å². The Bertz CT molecular complexity index is 1120. The third-order valence-corrected chi connectivity index (χ3v) is 5.72. The zero-order valence-corrected chi connectivity index (χ0v) is 16.2. The summed E-state index contributed by atoms with van der Waals surface area (Å²) >= 11 is 0. The fourth-order valence-corrected chi connectivity index (χ4v) is 4.28. The van der Waals surface area contributed by atoms with E-state index in [0.29, 0.717) is 0 Å². The maximum atomic E-state index is 4.94. The molecule has 1 fully saturated rings. The Labute approximate surface area is 164 Å². The van der Waals surface area contributed by atoms with E-state index < -0.39 is 0 Å². The van der Waals surface area contributed by atoms with Crippen molar-refractivity contribution >= 4 is 5.65 Å². The number of aromatic nitrogens is 5. The lowest BCUT2D eigenvalue weighted by Crippen LogP contribution is -2.32. The van der Waals surface area contributed by atoms with Gasteiger partial charge < -0.3 is 5.32 Å². The largest absolute Gasteiger partial charge is 0.300 e. The molecule has 5 heterocycles. The number of pyridine rings is 2. The molecular formula is C22H24N6. The summed E-state index contributed by atoms with van der Waals surface area (Å²) in [4.78, 5) is 9.57. The Morgan fingerprint density at radius 2 is 1.89 bits per heavy atom. The molecule has 5 rings (SSSR count). The lowest BCUT2D eigenvalue weighted by molar-refractivity contribution is 0.321. The summed E-state index contributed by atoms with van der Waals surface area (Å²) in [6.45, 7) is 2.14. The van der Waals surface area contributed by atoms with Gasteiger partial charge in [0.25, 0.3) is 0 Å². The van der Waals surface area contributed by atoms with Crippen molar-refractivity contribution in [3.05, 3.63) is 71.9 Å². The van der Waals surface area contributed by atoms with Gasteiger partial charge in [0, 0.05) is 25.6 Å². The minimum absolute atomic E-state index is 0.236. The molecule has 4 aromatic heterocycles. The molecule has 2 atom stereocenters. The van der Waals surface area contributed by atoms with Gasteiger partial charge in [-0.3, -0.25) is 14.1 Å². The van der Waals surface area contributed by atoms with Gasteiger partial charge in [0.15, 0.2) is 0 Å². The molecule has 1 N–H and O–H groups in total. The predicted octanol–water partition coefficient (Wildman–Crippen LogP) is 3.99. The van der Waals surface area contributed by atoms with Crippen molar-refractivity contribution in [1.29, 1.82) is 0 Å². The Kier molecular flexibility index (Phi) is 4.20. The van der Waals surface area contributed by atoms with Gasteiger partial charge >= 0.3 is 0 Å². The van der Waals surface area contributed by atoms with E-state index in [-0.39, 0.29) is 12.1 Å². The zero-order valence-electron chi connectivity index (χ0n) is 16.2. The summed E-state index contributed by atoms with van der Waals surface area (Å²) in [5.74, 6) is 0. The quantitative estimate of drug-likeness (QED) is 0.591. The van der Waals surface area contributed by atoms with Gasteiger partial charge in [-0.25, -0.2) is 4.98 Å². The molecule has 1 saturated heterocycles. The monoisotopic (exact) mass is 372 g/mol. The summed E-state index contributed by atoms with van der Waals surface area (Å²) in [7, 11) is 1.97. The van der Waals surface area contributed by atoms with Crippen LogP contribution in [0.1, 0.15) is 48.3 Å². The summed E-state index contributed by atoms with van der Waals surface area (Å²) in [5, 5.41) is 8.11. The lowest BCUT2D eigenvalue weighted by Gasteiger charge is -2.30.